The van der Waals surface area contributed by atoms with Crippen LogP contribution < -0.4 is 0 Å². The molecule has 0 aliphatic carbocycles. The summed E-state index contributed by atoms with van der Waals surface area (Å²) < 4.78 is 10.6. The Labute approximate surface area is 135 Å². The van der Waals surface area contributed by atoms with Gasteiger partial charge in [-0.2, -0.15) is 4.98 Å². The number of carbonyl (C=O) groups is 1. The molecule has 1 amide bonds. The van der Waals surface area contributed by atoms with Crippen LogP contribution in [-0.4, -0.2) is 32.5 Å². The van der Waals surface area contributed by atoms with Gasteiger partial charge in [0.1, 0.15) is 0 Å². The number of rotatable bonds is 3. The first-order valence-electron chi connectivity index (χ1n) is 8.12. The second-order valence-electron chi connectivity index (χ2n) is 6.28. The number of aromatic nitrogens is 3. The molecule has 1 aliphatic heterocycles. The topological polar surface area (TPSA) is 85.3 Å². The fourth-order valence-electron chi connectivity index (χ4n) is 2.87. The van der Waals surface area contributed by atoms with Gasteiger partial charge in [0.2, 0.25) is 11.7 Å². The van der Waals surface area contributed by atoms with Crippen molar-refractivity contribution in [1.82, 2.24) is 20.0 Å². The van der Waals surface area contributed by atoms with Gasteiger partial charge in [0, 0.05) is 12.5 Å². The summed E-state index contributed by atoms with van der Waals surface area (Å²) in [6, 6.07) is -0.175. The van der Waals surface area contributed by atoms with Gasteiger partial charge < -0.3 is 13.8 Å². The first kappa shape index (κ1) is 15.7. The van der Waals surface area contributed by atoms with Crippen LogP contribution in [0.25, 0.3) is 0 Å². The Morgan fingerprint density at radius 1 is 1.35 bits per heavy atom. The summed E-state index contributed by atoms with van der Waals surface area (Å²) in [7, 11) is 0. The lowest BCUT2D eigenvalue weighted by Crippen LogP contribution is -2.35. The molecule has 0 saturated carbocycles. The Kier molecular flexibility index (Phi) is 4.45. The summed E-state index contributed by atoms with van der Waals surface area (Å²) in [4.78, 5) is 23.2. The normalized spacial score (nSPS) is 19.1. The van der Waals surface area contributed by atoms with Crippen LogP contribution >= 0.6 is 0 Å². The van der Waals surface area contributed by atoms with E-state index in [4.69, 9.17) is 8.94 Å². The molecule has 3 rings (SSSR count). The monoisotopic (exact) mass is 318 g/mol. The van der Waals surface area contributed by atoms with E-state index in [2.05, 4.69) is 15.1 Å². The molecular weight excluding hydrogens is 296 g/mol. The molecule has 1 saturated heterocycles. The van der Waals surface area contributed by atoms with E-state index in [0.717, 1.165) is 25.7 Å². The van der Waals surface area contributed by atoms with Crippen LogP contribution in [0.3, 0.4) is 0 Å². The maximum absolute atomic E-state index is 12.9. The lowest BCUT2D eigenvalue weighted by molar-refractivity contribution is 0.0636. The second-order valence-corrected chi connectivity index (χ2v) is 6.28. The molecule has 23 heavy (non-hydrogen) atoms. The minimum absolute atomic E-state index is 0.150. The maximum atomic E-state index is 12.9. The molecule has 2 aromatic rings. The van der Waals surface area contributed by atoms with Crippen LogP contribution in [0.1, 0.15) is 79.5 Å². The molecule has 7 heteroatoms. The average Bonchev–Trinajstić information content (AvgIpc) is 3.10. The van der Waals surface area contributed by atoms with Crippen LogP contribution in [0.5, 0.6) is 0 Å². The van der Waals surface area contributed by atoms with Crippen molar-refractivity contribution in [3.63, 3.8) is 0 Å². The first-order valence-corrected chi connectivity index (χ1v) is 8.12. The number of hydrogen-bond acceptors (Lipinski definition) is 6. The second kappa shape index (κ2) is 6.52. The van der Waals surface area contributed by atoms with Gasteiger partial charge in [-0.05, 0) is 19.8 Å². The Balaban J connectivity index is 1.91. The van der Waals surface area contributed by atoms with Crippen molar-refractivity contribution in [2.24, 2.45) is 0 Å². The number of hydrogen-bond donors (Lipinski definition) is 0. The van der Waals surface area contributed by atoms with Crippen molar-refractivity contribution in [1.29, 1.82) is 0 Å². The zero-order chi connectivity index (χ0) is 16.4. The van der Waals surface area contributed by atoms with E-state index in [1.54, 1.807) is 11.8 Å². The molecule has 1 fully saturated rings. The number of nitrogens with zero attached hydrogens (tertiary/aromatic N) is 4. The van der Waals surface area contributed by atoms with Crippen LogP contribution in [0.4, 0.5) is 0 Å². The molecule has 0 unspecified atom stereocenters. The first-order chi connectivity index (χ1) is 11.1. The molecule has 0 bridgehead atoms. The van der Waals surface area contributed by atoms with E-state index in [0.29, 0.717) is 29.7 Å². The van der Waals surface area contributed by atoms with E-state index in [-0.39, 0.29) is 17.9 Å². The van der Waals surface area contributed by atoms with Crippen molar-refractivity contribution in [2.45, 2.75) is 58.4 Å². The third-order valence-corrected chi connectivity index (χ3v) is 4.20. The van der Waals surface area contributed by atoms with Crippen molar-refractivity contribution in [2.75, 3.05) is 6.54 Å². The fraction of sp³-hybridized carbons (Fsp3) is 0.625. The number of carbonyl (C=O) groups excluding carboxylic acids is 1. The van der Waals surface area contributed by atoms with Gasteiger partial charge in [-0.3, -0.25) is 4.79 Å². The zero-order valence-corrected chi connectivity index (χ0v) is 13.8. The minimum Gasteiger partial charge on any atom is -0.438 e. The quantitative estimate of drug-likeness (QED) is 0.863. The van der Waals surface area contributed by atoms with Crippen LogP contribution in [-0.2, 0) is 0 Å². The van der Waals surface area contributed by atoms with E-state index < -0.39 is 0 Å². The molecule has 0 spiro atoms. The zero-order valence-electron chi connectivity index (χ0n) is 13.8. The fourth-order valence-corrected chi connectivity index (χ4v) is 2.87. The van der Waals surface area contributed by atoms with Crippen molar-refractivity contribution in [3.05, 3.63) is 29.6 Å². The highest BCUT2D eigenvalue weighted by atomic mass is 16.5. The summed E-state index contributed by atoms with van der Waals surface area (Å²) in [5.74, 6) is 1.50. The number of oxazole rings is 1. The summed E-state index contributed by atoms with van der Waals surface area (Å²) in [5.41, 5.74) is 0.606. The van der Waals surface area contributed by atoms with Gasteiger partial charge in [-0.1, -0.05) is 31.8 Å². The van der Waals surface area contributed by atoms with Crippen LogP contribution in [0.2, 0.25) is 0 Å². The van der Waals surface area contributed by atoms with E-state index >= 15 is 0 Å². The van der Waals surface area contributed by atoms with Gasteiger partial charge >= 0.3 is 0 Å². The highest BCUT2D eigenvalue weighted by Crippen LogP contribution is 2.31. The molecule has 2 aromatic heterocycles. The molecule has 3 heterocycles. The molecule has 7 nitrogen and oxygen atoms in total. The minimum atomic E-state index is -0.175. The standard InChI is InChI=1S/C16H22N4O3/c1-10(2)15-18-14(19-23-15)12-7-5-4-6-8-20(12)16(21)13-11(3)17-9-22-13/h9-10,12H,4-8H2,1-3H3/t12-/m0/s1. The third-order valence-electron chi connectivity index (χ3n) is 4.20. The molecule has 1 atom stereocenters. The van der Waals surface area contributed by atoms with Crippen LogP contribution in [0.15, 0.2) is 15.3 Å². The molecular formula is C16H22N4O3. The molecule has 0 N–H and O–H groups in total. The predicted octanol–water partition coefficient (Wildman–Crippen LogP) is 3.25. The maximum Gasteiger partial charge on any atom is 0.292 e. The Morgan fingerprint density at radius 3 is 2.83 bits per heavy atom. The largest absolute Gasteiger partial charge is 0.438 e. The van der Waals surface area contributed by atoms with Gasteiger partial charge in [0.15, 0.2) is 12.2 Å². The predicted molar refractivity (Wildman–Crippen MR) is 81.9 cm³/mol. The molecule has 124 valence electrons. The lowest BCUT2D eigenvalue weighted by atomic mass is 10.1. The number of aryl methyl sites for hydroxylation is 1. The Bertz CT molecular complexity index is 676. The third kappa shape index (κ3) is 3.13. The highest BCUT2D eigenvalue weighted by molar-refractivity contribution is 5.92. The SMILES string of the molecule is Cc1ncoc1C(=O)N1CCCCC[C@H]1c1noc(C(C)C)n1. The Morgan fingerprint density at radius 2 is 2.17 bits per heavy atom. The van der Waals surface area contributed by atoms with Crippen LogP contribution in [0, 0.1) is 6.92 Å². The van der Waals surface area contributed by atoms with Gasteiger partial charge in [-0.25, -0.2) is 4.98 Å². The van der Waals surface area contributed by atoms with Crippen molar-refractivity contribution < 1.29 is 13.7 Å². The van der Waals surface area contributed by atoms with E-state index in [1.807, 2.05) is 13.8 Å². The summed E-state index contributed by atoms with van der Waals surface area (Å²) in [6.45, 7) is 6.44. The highest BCUT2D eigenvalue weighted by Gasteiger charge is 2.33. The van der Waals surface area contributed by atoms with E-state index in [9.17, 15) is 4.79 Å². The summed E-state index contributed by atoms with van der Waals surface area (Å²) in [5, 5.41) is 4.11. The van der Waals surface area contributed by atoms with Gasteiger partial charge in [-0.15, -0.1) is 0 Å². The van der Waals surface area contributed by atoms with Gasteiger partial charge in [0.05, 0.1) is 11.7 Å². The number of likely N-dealkylation sites (tertiary alicyclic amines) is 1. The summed E-state index contributed by atoms with van der Waals surface area (Å²) >= 11 is 0. The molecule has 1 aliphatic rings. The van der Waals surface area contributed by atoms with Gasteiger partial charge in [0.25, 0.3) is 5.91 Å². The van der Waals surface area contributed by atoms with E-state index in [1.165, 1.54) is 6.39 Å². The van der Waals surface area contributed by atoms with Crippen molar-refractivity contribution in [3.8, 4) is 0 Å². The van der Waals surface area contributed by atoms with Crippen molar-refractivity contribution >= 4 is 5.91 Å². The average molecular weight is 318 g/mol. The molecule has 0 aromatic carbocycles. The summed E-state index contributed by atoms with van der Waals surface area (Å²) in [6.07, 6.45) is 5.22. The Hall–Kier alpha value is -2.18. The smallest absolute Gasteiger partial charge is 0.292 e. The molecule has 0 radical (unpaired) electrons. The number of amides is 1. The lowest BCUT2D eigenvalue weighted by Gasteiger charge is -2.27.